The Kier molecular flexibility index (Phi) is 5.77. The number of nitrogens with zero attached hydrogens (tertiary/aromatic N) is 1. The highest BCUT2D eigenvalue weighted by Gasteiger charge is 2.12. The number of pyridine rings is 1. The molecule has 30 heavy (non-hydrogen) atoms. The topological polar surface area (TPSA) is 36.1 Å². The first-order valence-corrected chi connectivity index (χ1v) is 10.1. The van der Waals surface area contributed by atoms with Crippen molar-refractivity contribution in [2.24, 2.45) is 0 Å². The van der Waals surface area contributed by atoms with Crippen molar-refractivity contribution in [2.45, 2.75) is 33.5 Å². The predicted molar refractivity (Wildman–Crippen MR) is 120 cm³/mol. The van der Waals surface area contributed by atoms with Gasteiger partial charge in [0.05, 0.1) is 5.52 Å². The number of rotatable bonds is 6. The molecule has 0 aliphatic carbocycles. The Morgan fingerprint density at radius 2 is 1.50 bits per heavy atom. The van der Waals surface area contributed by atoms with E-state index in [1.165, 1.54) is 17.7 Å². The van der Waals surface area contributed by atoms with Crippen LogP contribution in [0.25, 0.3) is 10.9 Å². The second-order valence-corrected chi connectivity index (χ2v) is 7.85. The second kappa shape index (κ2) is 8.64. The number of fused-ring (bicyclic) bond motifs is 1. The summed E-state index contributed by atoms with van der Waals surface area (Å²) in [5.41, 5.74) is 6.28. The standard InChI is InChI=1S/C26H25FN2O/c1-18-8-13-24-25(30)14-23(28-26(24)19(18)2)17-29(15-20-6-4-3-5-7-20)16-21-9-11-22(27)12-10-21/h3-14H,15-17H2,1-2H3,(H,28,30). The first kappa shape index (κ1) is 20.0. The van der Waals surface area contributed by atoms with E-state index in [1.54, 1.807) is 6.07 Å². The largest absolute Gasteiger partial charge is 0.357 e. The van der Waals surface area contributed by atoms with E-state index in [4.69, 9.17) is 0 Å². The van der Waals surface area contributed by atoms with Crippen molar-refractivity contribution in [2.75, 3.05) is 0 Å². The highest BCUT2D eigenvalue weighted by atomic mass is 19.1. The summed E-state index contributed by atoms with van der Waals surface area (Å²) in [4.78, 5) is 18.5. The number of hydrogen-bond acceptors (Lipinski definition) is 2. The number of nitrogens with one attached hydrogen (secondary N) is 1. The maximum Gasteiger partial charge on any atom is 0.189 e. The number of aromatic amines is 1. The molecule has 4 rings (SSSR count). The molecular formula is C26H25FN2O. The minimum absolute atomic E-state index is 0.0308. The van der Waals surface area contributed by atoms with E-state index in [1.807, 2.05) is 49.4 Å². The molecule has 0 bridgehead atoms. The van der Waals surface area contributed by atoms with E-state index in [9.17, 15) is 9.18 Å². The minimum Gasteiger partial charge on any atom is -0.357 e. The van der Waals surface area contributed by atoms with Crippen molar-refractivity contribution in [3.05, 3.63) is 117 Å². The summed E-state index contributed by atoms with van der Waals surface area (Å²) in [6.45, 7) is 6.06. The molecule has 0 saturated carbocycles. The molecule has 4 aromatic rings. The maximum absolute atomic E-state index is 13.3. The fraction of sp³-hybridized carbons (Fsp3) is 0.192. The van der Waals surface area contributed by atoms with Gasteiger partial charge >= 0.3 is 0 Å². The Bertz CT molecular complexity index is 1210. The lowest BCUT2D eigenvalue weighted by molar-refractivity contribution is 0.245. The van der Waals surface area contributed by atoms with Crippen LogP contribution in [-0.4, -0.2) is 9.88 Å². The van der Waals surface area contributed by atoms with Crippen LogP contribution in [0.15, 0.2) is 77.6 Å². The lowest BCUT2D eigenvalue weighted by Crippen LogP contribution is -2.24. The van der Waals surface area contributed by atoms with Crippen LogP contribution < -0.4 is 5.43 Å². The van der Waals surface area contributed by atoms with Crippen LogP contribution in [0.4, 0.5) is 4.39 Å². The van der Waals surface area contributed by atoms with Crippen LogP contribution in [-0.2, 0) is 19.6 Å². The molecule has 3 aromatic carbocycles. The van der Waals surface area contributed by atoms with E-state index in [0.29, 0.717) is 13.1 Å². The fourth-order valence-electron chi connectivity index (χ4n) is 3.80. The Morgan fingerprint density at radius 1 is 0.833 bits per heavy atom. The van der Waals surface area contributed by atoms with Crippen molar-refractivity contribution in [1.82, 2.24) is 9.88 Å². The Labute approximate surface area is 175 Å². The molecule has 0 unspecified atom stereocenters. The van der Waals surface area contributed by atoms with Gasteiger partial charge in [-0.3, -0.25) is 9.69 Å². The van der Waals surface area contributed by atoms with E-state index >= 15 is 0 Å². The van der Waals surface area contributed by atoms with Crippen molar-refractivity contribution >= 4 is 10.9 Å². The van der Waals surface area contributed by atoms with Gasteiger partial charge in [0, 0.05) is 36.8 Å². The average Bonchev–Trinajstić information content (AvgIpc) is 2.73. The summed E-state index contributed by atoms with van der Waals surface area (Å²) >= 11 is 0. The van der Waals surface area contributed by atoms with E-state index in [-0.39, 0.29) is 11.2 Å². The summed E-state index contributed by atoms with van der Waals surface area (Å²) < 4.78 is 13.3. The summed E-state index contributed by atoms with van der Waals surface area (Å²) in [7, 11) is 0. The number of H-pyrrole nitrogens is 1. The van der Waals surface area contributed by atoms with Gasteiger partial charge in [0.1, 0.15) is 5.82 Å². The first-order chi connectivity index (χ1) is 14.5. The molecule has 0 aliphatic rings. The van der Waals surface area contributed by atoms with Gasteiger partial charge in [-0.2, -0.15) is 0 Å². The quantitative estimate of drug-likeness (QED) is 0.465. The zero-order valence-electron chi connectivity index (χ0n) is 17.3. The number of aromatic nitrogens is 1. The monoisotopic (exact) mass is 400 g/mol. The van der Waals surface area contributed by atoms with E-state index < -0.39 is 0 Å². The van der Waals surface area contributed by atoms with Gasteiger partial charge in [0.2, 0.25) is 0 Å². The molecule has 1 aromatic heterocycles. The molecule has 0 fully saturated rings. The Morgan fingerprint density at radius 3 is 2.20 bits per heavy atom. The number of halogens is 1. The summed E-state index contributed by atoms with van der Waals surface area (Å²) in [5.74, 6) is -0.238. The molecule has 1 heterocycles. The lowest BCUT2D eigenvalue weighted by atomic mass is 10.0. The van der Waals surface area contributed by atoms with Crippen molar-refractivity contribution < 1.29 is 4.39 Å². The van der Waals surface area contributed by atoms with Crippen LogP contribution in [0.2, 0.25) is 0 Å². The van der Waals surface area contributed by atoms with Gasteiger partial charge in [0.15, 0.2) is 5.43 Å². The minimum atomic E-state index is -0.238. The lowest BCUT2D eigenvalue weighted by Gasteiger charge is -2.23. The van der Waals surface area contributed by atoms with Gasteiger partial charge in [-0.15, -0.1) is 0 Å². The number of aryl methyl sites for hydroxylation is 2. The molecule has 0 aliphatic heterocycles. The molecule has 0 saturated heterocycles. The van der Waals surface area contributed by atoms with E-state index in [2.05, 4.69) is 28.9 Å². The normalized spacial score (nSPS) is 11.3. The third-order valence-electron chi connectivity index (χ3n) is 5.55. The molecule has 4 heteroatoms. The highest BCUT2D eigenvalue weighted by Crippen LogP contribution is 2.19. The van der Waals surface area contributed by atoms with Gasteiger partial charge < -0.3 is 4.98 Å². The van der Waals surface area contributed by atoms with E-state index in [0.717, 1.165) is 39.8 Å². The molecule has 0 amide bonds. The van der Waals surface area contributed by atoms with Crippen LogP contribution in [0.3, 0.4) is 0 Å². The zero-order chi connectivity index (χ0) is 21.1. The Balaban J connectivity index is 1.67. The molecule has 0 spiro atoms. The van der Waals surface area contributed by atoms with Crippen LogP contribution >= 0.6 is 0 Å². The smallest absolute Gasteiger partial charge is 0.189 e. The van der Waals surface area contributed by atoms with Gasteiger partial charge in [0.25, 0.3) is 0 Å². The average molecular weight is 400 g/mol. The van der Waals surface area contributed by atoms with Gasteiger partial charge in [-0.25, -0.2) is 4.39 Å². The first-order valence-electron chi connectivity index (χ1n) is 10.1. The fourth-order valence-corrected chi connectivity index (χ4v) is 3.80. The van der Waals surface area contributed by atoms with Crippen LogP contribution in [0.1, 0.15) is 27.9 Å². The summed E-state index contributed by atoms with van der Waals surface area (Å²) in [6.07, 6.45) is 0. The molecule has 0 radical (unpaired) electrons. The molecule has 1 N–H and O–H groups in total. The van der Waals surface area contributed by atoms with Gasteiger partial charge in [-0.05, 0) is 54.3 Å². The zero-order valence-corrected chi connectivity index (χ0v) is 17.3. The van der Waals surface area contributed by atoms with Crippen molar-refractivity contribution in [3.8, 4) is 0 Å². The van der Waals surface area contributed by atoms with Crippen LogP contribution in [0.5, 0.6) is 0 Å². The van der Waals surface area contributed by atoms with Crippen LogP contribution in [0, 0.1) is 19.7 Å². The molecule has 0 atom stereocenters. The third kappa shape index (κ3) is 4.50. The molecular weight excluding hydrogens is 375 g/mol. The van der Waals surface area contributed by atoms with Gasteiger partial charge in [-0.1, -0.05) is 48.5 Å². The third-order valence-corrected chi connectivity index (χ3v) is 5.55. The Hall–Kier alpha value is -3.24. The molecule has 152 valence electrons. The number of benzene rings is 3. The highest BCUT2D eigenvalue weighted by molar-refractivity contribution is 5.82. The summed E-state index contributed by atoms with van der Waals surface area (Å²) in [5, 5.41) is 0.718. The SMILES string of the molecule is Cc1ccc2c(=O)cc(CN(Cc3ccccc3)Cc3ccc(F)cc3)[nH]c2c1C. The second-order valence-electron chi connectivity index (χ2n) is 7.85. The van der Waals surface area contributed by atoms with Crippen molar-refractivity contribution in [1.29, 1.82) is 0 Å². The number of hydrogen-bond donors (Lipinski definition) is 1. The molecule has 3 nitrogen and oxygen atoms in total. The van der Waals surface area contributed by atoms with Crippen molar-refractivity contribution in [3.63, 3.8) is 0 Å². The summed E-state index contributed by atoms with van der Waals surface area (Å²) in [6, 6.07) is 22.4. The maximum atomic E-state index is 13.3. The predicted octanol–water partition coefficient (Wildman–Crippen LogP) is 5.49.